The summed E-state index contributed by atoms with van der Waals surface area (Å²) < 4.78 is 0. The molecule has 5 rings (SSSR count). The summed E-state index contributed by atoms with van der Waals surface area (Å²) in [6, 6.07) is 28.3. The highest BCUT2D eigenvalue weighted by Gasteiger charge is 2.37. The average molecular weight is 409 g/mol. The second-order valence-corrected chi connectivity index (χ2v) is 8.04. The van der Waals surface area contributed by atoms with Crippen molar-refractivity contribution in [2.45, 2.75) is 24.9 Å². The van der Waals surface area contributed by atoms with E-state index in [-0.39, 0.29) is 6.04 Å². The molecule has 2 atom stereocenters. The van der Waals surface area contributed by atoms with E-state index in [0.29, 0.717) is 6.42 Å². The lowest BCUT2D eigenvalue weighted by Crippen LogP contribution is -2.39. The summed E-state index contributed by atoms with van der Waals surface area (Å²) in [7, 11) is 0. The molecule has 1 aliphatic rings. The fourth-order valence-corrected chi connectivity index (χ4v) is 4.76. The van der Waals surface area contributed by atoms with Gasteiger partial charge in [0.15, 0.2) is 0 Å². The molecule has 0 radical (unpaired) electrons. The van der Waals surface area contributed by atoms with Crippen LogP contribution in [0.1, 0.15) is 30.0 Å². The molecule has 1 saturated heterocycles. The predicted molar refractivity (Wildman–Crippen MR) is 123 cm³/mol. The van der Waals surface area contributed by atoms with Gasteiger partial charge in [0.1, 0.15) is 6.04 Å². The topological polar surface area (TPSA) is 53.4 Å². The number of likely N-dealkylation sites (tertiary alicyclic amines) is 1. The molecule has 4 heteroatoms. The number of aliphatic carboxylic acids is 1. The maximum atomic E-state index is 12.0. The molecule has 0 amide bonds. The molecular formula is C27H24N2O2. The monoisotopic (exact) mass is 408 g/mol. The van der Waals surface area contributed by atoms with Gasteiger partial charge in [-0.2, -0.15) is 0 Å². The fraction of sp³-hybridized carbons (Fsp3) is 0.185. The van der Waals surface area contributed by atoms with Crippen molar-refractivity contribution in [2.75, 3.05) is 6.54 Å². The molecule has 0 bridgehead atoms. The zero-order chi connectivity index (χ0) is 21.2. The smallest absolute Gasteiger partial charge is 0.320 e. The summed E-state index contributed by atoms with van der Waals surface area (Å²) in [6.45, 7) is 0.763. The van der Waals surface area contributed by atoms with E-state index < -0.39 is 12.0 Å². The number of benzene rings is 3. The Morgan fingerprint density at radius 2 is 1.61 bits per heavy atom. The molecule has 1 fully saturated rings. The Balaban J connectivity index is 1.63. The van der Waals surface area contributed by atoms with Crippen LogP contribution >= 0.6 is 0 Å². The van der Waals surface area contributed by atoms with Crippen LogP contribution in [-0.2, 0) is 4.79 Å². The van der Waals surface area contributed by atoms with Gasteiger partial charge in [-0.15, -0.1) is 0 Å². The Morgan fingerprint density at radius 3 is 2.39 bits per heavy atom. The number of carboxylic acid groups (broad SMARTS) is 1. The van der Waals surface area contributed by atoms with Gasteiger partial charge in [-0.25, -0.2) is 0 Å². The first-order valence-electron chi connectivity index (χ1n) is 10.7. The second-order valence-electron chi connectivity index (χ2n) is 8.04. The van der Waals surface area contributed by atoms with Crippen molar-refractivity contribution in [1.82, 2.24) is 9.88 Å². The van der Waals surface area contributed by atoms with Crippen LogP contribution in [0.15, 0.2) is 91.1 Å². The maximum Gasteiger partial charge on any atom is 0.320 e. The van der Waals surface area contributed by atoms with Gasteiger partial charge >= 0.3 is 5.97 Å². The molecule has 31 heavy (non-hydrogen) atoms. The number of fused-ring (bicyclic) bond motifs is 1. The van der Waals surface area contributed by atoms with Gasteiger partial charge in [0.05, 0.1) is 11.6 Å². The Morgan fingerprint density at radius 1 is 0.903 bits per heavy atom. The summed E-state index contributed by atoms with van der Waals surface area (Å²) in [4.78, 5) is 18.7. The number of rotatable bonds is 5. The third-order valence-corrected chi connectivity index (χ3v) is 6.22. The number of carboxylic acids is 1. The first-order chi connectivity index (χ1) is 15.2. The van der Waals surface area contributed by atoms with E-state index in [1.54, 1.807) is 0 Å². The van der Waals surface area contributed by atoms with Gasteiger partial charge < -0.3 is 5.11 Å². The largest absolute Gasteiger partial charge is 0.480 e. The van der Waals surface area contributed by atoms with Crippen molar-refractivity contribution >= 4 is 16.9 Å². The lowest BCUT2D eigenvalue weighted by molar-refractivity contribution is -0.142. The van der Waals surface area contributed by atoms with Crippen LogP contribution in [0.2, 0.25) is 0 Å². The number of carbonyl (C=O) groups is 1. The zero-order valence-corrected chi connectivity index (χ0v) is 17.2. The standard InChI is InChI=1S/C27H24N2O2/c30-27(31)25-11-6-18-29(25)26(23-16-17-28-24-10-5-4-9-22(23)24)21-14-12-20(13-15-21)19-7-2-1-3-8-19/h1-5,7-10,12-17,25-26H,6,11,18H2,(H,30,31). The summed E-state index contributed by atoms with van der Waals surface area (Å²) in [5.41, 5.74) is 5.45. The molecule has 1 aromatic heterocycles. The number of nitrogens with zero attached hydrogens (tertiary/aromatic N) is 2. The number of hydrogen-bond acceptors (Lipinski definition) is 3. The van der Waals surface area contributed by atoms with Crippen molar-refractivity contribution in [3.63, 3.8) is 0 Å². The zero-order valence-electron chi connectivity index (χ0n) is 17.2. The van der Waals surface area contributed by atoms with Crippen molar-refractivity contribution in [2.24, 2.45) is 0 Å². The number of hydrogen-bond donors (Lipinski definition) is 1. The predicted octanol–water partition coefficient (Wildman–Crippen LogP) is 5.54. The summed E-state index contributed by atoms with van der Waals surface area (Å²) >= 11 is 0. The van der Waals surface area contributed by atoms with Gasteiger partial charge in [-0.05, 0) is 47.2 Å². The van der Waals surface area contributed by atoms with E-state index in [1.165, 1.54) is 5.56 Å². The third-order valence-electron chi connectivity index (χ3n) is 6.22. The molecule has 2 unspecified atom stereocenters. The fourth-order valence-electron chi connectivity index (χ4n) is 4.76. The Bertz CT molecular complexity index is 1200. The number of aromatic nitrogens is 1. The minimum Gasteiger partial charge on any atom is -0.480 e. The molecule has 0 aliphatic carbocycles. The molecule has 1 N–H and O–H groups in total. The third kappa shape index (κ3) is 3.71. The highest BCUT2D eigenvalue weighted by molar-refractivity contribution is 5.83. The van der Waals surface area contributed by atoms with Crippen LogP contribution < -0.4 is 0 Å². The highest BCUT2D eigenvalue weighted by Crippen LogP contribution is 2.38. The lowest BCUT2D eigenvalue weighted by atomic mass is 9.92. The minimum atomic E-state index is -0.748. The van der Waals surface area contributed by atoms with Gasteiger partial charge in [0.25, 0.3) is 0 Å². The Kier molecular flexibility index (Phi) is 5.23. The van der Waals surface area contributed by atoms with Gasteiger partial charge in [0, 0.05) is 18.1 Å². The van der Waals surface area contributed by atoms with Crippen LogP contribution in [0, 0.1) is 0 Å². The van der Waals surface area contributed by atoms with Crippen LogP contribution in [-0.4, -0.2) is 33.5 Å². The molecule has 4 aromatic rings. The normalized spacial score (nSPS) is 17.6. The molecule has 0 saturated carbocycles. The molecule has 3 aromatic carbocycles. The SMILES string of the molecule is O=C(O)C1CCCN1C(c1ccc(-c2ccccc2)cc1)c1ccnc2ccccc12. The van der Waals surface area contributed by atoms with E-state index >= 15 is 0 Å². The average Bonchev–Trinajstić information content (AvgIpc) is 3.30. The van der Waals surface area contributed by atoms with Crippen molar-refractivity contribution < 1.29 is 9.90 Å². The Labute approximate surface area is 181 Å². The van der Waals surface area contributed by atoms with Crippen LogP contribution in [0.3, 0.4) is 0 Å². The van der Waals surface area contributed by atoms with E-state index in [0.717, 1.165) is 40.6 Å². The van der Waals surface area contributed by atoms with Crippen LogP contribution in [0.5, 0.6) is 0 Å². The molecule has 154 valence electrons. The van der Waals surface area contributed by atoms with Crippen LogP contribution in [0.25, 0.3) is 22.0 Å². The lowest BCUT2D eigenvalue weighted by Gasteiger charge is -2.32. The summed E-state index contributed by atoms with van der Waals surface area (Å²) in [6.07, 6.45) is 3.39. The van der Waals surface area contributed by atoms with E-state index in [1.807, 2.05) is 48.7 Å². The van der Waals surface area contributed by atoms with Gasteiger partial charge in [0.2, 0.25) is 0 Å². The number of pyridine rings is 1. The Hall–Kier alpha value is -3.50. The minimum absolute atomic E-state index is 0.138. The van der Waals surface area contributed by atoms with E-state index in [2.05, 4.69) is 52.3 Å². The first-order valence-corrected chi connectivity index (χ1v) is 10.7. The van der Waals surface area contributed by atoms with Crippen molar-refractivity contribution in [3.05, 3.63) is 102 Å². The van der Waals surface area contributed by atoms with Crippen molar-refractivity contribution in [3.8, 4) is 11.1 Å². The van der Waals surface area contributed by atoms with Crippen LogP contribution in [0.4, 0.5) is 0 Å². The second kappa shape index (κ2) is 8.32. The molecular weight excluding hydrogens is 384 g/mol. The maximum absolute atomic E-state index is 12.0. The molecule has 4 nitrogen and oxygen atoms in total. The summed E-state index contributed by atoms with van der Waals surface area (Å²) in [5.74, 6) is -0.748. The molecule has 0 spiro atoms. The summed E-state index contributed by atoms with van der Waals surface area (Å²) in [5, 5.41) is 10.9. The van der Waals surface area contributed by atoms with Crippen molar-refractivity contribution in [1.29, 1.82) is 0 Å². The number of para-hydroxylation sites is 1. The van der Waals surface area contributed by atoms with Gasteiger partial charge in [-0.3, -0.25) is 14.7 Å². The van der Waals surface area contributed by atoms with E-state index in [4.69, 9.17) is 0 Å². The highest BCUT2D eigenvalue weighted by atomic mass is 16.4. The molecule has 2 heterocycles. The molecule has 1 aliphatic heterocycles. The first kappa shape index (κ1) is 19.5. The van der Waals surface area contributed by atoms with E-state index in [9.17, 15) is 9.90 Å². The quantitative estimate of drug-likeness (QED) is 0.471. The van der Waals surface area contributed by atoms with Gasteiger partial charge in [-0.1, -0.05) is 72.8 Å².